The molecule has 1 aliphatic rings. The van der Waals surface area contributed by atoms with Gasteiger partial charge in [-0.3, -0.25) is 9.59 Å². The van der Waals surface area contributed by atoms with Crippen molar-refractivity contribution in [3.8, 4) is 0 Å². The van der Waals surface area contributed by atoms with Gasteiger partial charge in [0.15, 0.2) is 11.6 Å². The van der Waals surface area contributed by atoms with Gasteiger partial charge in [-0.2, -0.15) is 0 Å². The summed E-state index contributed by atoms with van der Waals surface area (Å²) in [6, 6.07) is 18.8. The number of carbonyl (C=O) groups excluding carboxylic acids is 2. The average molecular weight is 407 g/mol. The Kier molecular flexibility index (Phi) is 4.68. The third-order valence-corrected chi connectivity index (χ3v) is 6.31. The van der Waals surface area contributed by atoms with Crippen LogP contribution in [-0.2, 0) is 5.41 Å². The fourth-order valence-corrected chi connectivity index (χ4v) is 4.64. The van der Waals surface area contributed by atoms with Crippen LogP contribution in [-0.4, -0.2) is 11.6 Å². The number of halogens is 1. The van der Waals surface area contributed by atoms with E-state index in [-0.39, 0.29) is 17.0 Å². The van der Waals surface area contributed by atoms with Crippen molar-refractivity contribution in [2.75, 3.05) is 0 Å². The number of carbonyl (C=O) groups is 2. The molecule has 0 N–H and O–H groups in total. The van der Waals surface area contributed by atoms with Crippen molar-refractivity contribution in [3.05, 3.63) is 93.5 Å². The van der Waals surface area contributed by atoms with Crippen LogP contribution in [0.1, 0.15) is 58.2 Å². The van der Waals surface area contributed by atoms with E-state index in [1.54, 1.807) is 24.3 Å². The van der Waals surface area contributed by atoms with Gasteiger partial charge in [-0.1, -0.05) is 80.5 Å². The van der Waals surface area contributed by atoms with E-state index in [2.05, 4.69) is 45.0 Å². The van der Waals surface area contributed by atoms with E-state index >= 15 is 0 Å². The molecular weight excluding hydrogens is 388 g/mol. The molecular formula is C24H19ClO2S. The zero-order valence-electron chi connectivity index (χ0n) is 15.9. The largest absolute Gasteiger partial charge is 0.289 e. The van der Waals surface area contributed by atoms with Crippen molar-refractivity contribution in [2.45, 2.75) is 36.0 Å². The lowest BCUT2D eigenvalue weighted by Crippen LogP contribution is -2.22. The third kappa shape index (κ3) is 3.19. The maximum Gasteiger partial charge on any atom is 0.197 e. The minimum absolute atomic E-state index is 0.0813. The molecule has 0 aliphatic heterocycles. The van der Waals surface area contributed by atoms with Crippen molar-refractivity contribution in [3.63, 3.8) is 0 Å². The van der Waals surface area contributed by atoms with Crippen LogP contribution in [0.3, 0.4) is 0 Å². The molecule has 3 aromatic carbocycles. The van der Waals surface area contributed by atoms with Crippen molar-refractivity contribution in [2.24, 2.45) is 0 Å². The summed E-state index contributed by atoms with van der Waals surface area (Å²) in [5.74, 6) is -0.345. The maximum atomic E-state index is 13.2. The highest BCUT2D eigenvalue weighted by molar-refractivity contribution is 7.99. The molecule has 0 saturated heterocycles. The number of benzene rings is 3. The van der Waals surface area contributed by atoms with Crippen LogP contribution in [0, 0.1) is 0 Å². The minimum atomic E-state index is -0.190. The number of rotatable bonds is 2. The van der Waals surface area contributed by atoms with Gasteiger partial charge in [-0.05, 0) is 35.2 Å². The predicted molar refractivity (Wildman–Crippen MR) is 114 cm³/mol. The van der Waals surface area contributed by atoms with Crippen LogP contribution in [0.2, 0.25) is 5.02 Å². The van der Waals surface area contributed by atoms with E-state index in [0.717, 1.165) is 9.79 Å². The summed E-state index contributed by atoms with van der Waals surface area (Å²) in [5.41, 5.74) is 2.89. The van der Waals surface area contributed by atoms with E-state index < -0.39 is 0 Å². The monoisotopic (exact) mass is 406 g/mol. The van der Waals surface area contributed by atoms with Crippen LogP contribution >= 0.6 is 23.4 Å². The lowest BCUT2D eigenvalue weighted by molar-refractivity contribution is 0.0977. The maximum absolute atomic E-state index is 13.2. The Morgan fingerprint density at radius 3 is 2.00 bits per heavy atom. The first kappa shape index (κ1) is 19.0. The molecule has 4 rings (SSSR count). The van der Waals surface area contributed by atoms with Gasteiger partial charge in [-0.15, -0.1) is 0 Å². The van der Waals surface area contributed by atoms with Crippen molar-refractivity contribution < 1.29 is 9.59 Å². The summed E-state index contributed by atoms with van der Waals surface area (Å²) in [7, 11) is 0. The zero-order valence-corrected chi connectivity index (χ0v) is 17.4. The first-order valence-electron chi connectivity index (χ1n) is 9.06. The van der Waals surface area contributed by atoms with Crippen LogP contribution < -0.4 is 0 Å². The lowest BCUT2D eigenvalue weighted by Gasteiger charge is -2.21. The fourth-order valence-electron chi connectivity index (χ4n) is 3.40. The van der Waals surface area contributed by atoms with Crippen LogP contribution in [0.5, 0.6) is 0 Å². The van der Waals surface area contributed by atoms with Crippen molar-refractivity contribution >= 4 is 34.9 Å². The van der Waals surface area contributed by atoms with E-state index in [9.17, 15) is 9.59 Å². The summed E-state index contributed by atoms with van der Waals surface area (Å²) < 4.78 is 0. The molecule has 0 aromatic heterocycles. The van der Waals surface area contributed by atoms with Crippen molar-refractivity contribution in [1.82, 2.24) is 0 Å². The molecule has 0 bridgehead atoms. The van der Waals surface area contributed by atoms with Gasteiger partial charge in [-0.25, -0.2) is 0 Å². The molecule has 140 valence electrons. The molecule has 4 heteroatoms. The molecule has 0 heterocycles. The number of fused-ring (bicyclic) bond motifs is 2. The summed E-state index contributed by atoms with van der Waals surface area (Å²) in [5, 5.41) is 0.316. The van der Waals surface area contributed by atoms with Gasteiger partial charge >= 0.3 is 0 Å². The van der Waals surface area contributed by atoms with E-state index in [0.29, 0.717) is 27.3 Å². The predicted octanol–water partition coefficient (Wildman–Crippen LogP) is 6.56. The highest BCUT2D eigenvalue weighted by Gasteiger charge is 2.33. The van der Waals surface area contributed by atoms with Crippen LogP contribution in [0.15, 0.2) is 70.5 Å². The highest BCUT2D eigenvalue weighted by atomic mass is 35.5. The Bertz CT molecular complexity index is 1110. The molecule has 2 nitrogen and oxygen atoms in total. The van der Waals surface area contributed by atoms with Gasteiger partial charge in [0.2, 0.25) is 0 Å². The molecule has 0 atom stereocenters. The minimum Gasteiger partial charge on any atom is -0.289 e. The Hall–Kier alpha value is -2.36. The quantitative estimate of drug-likeness (QED) is 0.377. The van der Waals surface area contributed by atoms with Gasteiger partial charge < -0.3 is 0 Å². The lowest BCUT2D eigenvalue weighted by atomic mass is 9.84. The first-order chi connectivity index (χ1) is 13.3. The van der Waals surface area contributed by atoms with Gasteiger partial charge in [0.05, 0.1) is 10.6 Å². The molecule has 0 spiro atoms. The molecule has 3 aromatic rings. The normalized spacial score (nSPS) is 13.3. The topological polar surface area (TPSA) is 34.1 Å². The molecule has 0 unspecified atom stereocenters. The Morgan fingerprint density at radius 2 is 1.36 bits per heavy atom. The summed E-state index contributed by atoms with van der Waals surface area (Å²) in [6.07, 6.45) is 0. The Morgan fingerprint density at radius 1 is 0.750 bits per heavy atom. The Labute approximate surface area is 173 Å². The van der Waals surface area contributed by atoms with E-state index in [1.807, 2.05) is 12.1 Å². The summed E-state index contributed by atoms with van der Waals surface area (Å²) >= 11 is 7.75. The summed E-state index contributed by atoms with van der Waals surface area (Å²) in [4.78, 5) is 28.0. The second kappa shape index (κ2) is 6.91. The third-order valence-electron chi connectivity index (χ3n) is 4.93. The molecule has 0 radical (unpaired) electrons. The molecule has 0 amide bonds. The van der Waals surface area contributed by atoms with Gasteiger partial charge in [0.25, 0.3) is 0 Å². The fraction of sp³-hybridized carbons (Fsp3) is 0.167. The molecule has 0 fully saturated rings. The summed E-state index contributed by atoms with van der Waals surface area (Å²) in [6.45, 7) is 6.52. The van der Waals surface area contributed by atoms with Gasteiger partial charge in [0, 0.05) is 26.5 Å². The van der Waals surface area contributed by atoms with Gasteiger partial charge in [0.1, 0.15) is 0 Å². The Balaban J connectivity index is 1.77. The second-order valence-corrected chi connectivity index (χ2v) is 9.40. The number of hydrogen-bond donors (Lipinski definition) is 0. The van der Waals surface area contributed by atoms with E-state index in [1.165, 1.54) is 17.3 Å². The second-order valence-electron chi connectivity index (χ2n) is 7.88. The molecule has 28 heavy (non-hydrogen) atoms. The van der Waals surface area contributed by atoms with E-state index in [4.69, 9.17) is 11.6 Å². The smallest absolute Gasteiger partial charge is 0.197 e. The number of hydrogen-bond acceptors (Lipinski definition) is 3. The van der Waals surface area contributed by atoms with Crippen molar-refractivity contribution in [1.29, 1.82) is 0 Å². The highest BCUT2D eigenvalue weighted by Crippen LogP contribution is 2.39. The molecule has 1 aliphatic carbocycles. The molecule has 0 saturated carbocycles. The zero-order chi connectivity index (χ0) is 20.1. The SMILES string of the molecule is CC(C)(C)c1ccc(Sc2cccc3c2C(=O)c2c(Cl)cccc2C3=O)cc1. The van der Waals surface area contributed by atoms with Crippen LogP contribution in [0.25, 0.3) is 0 Å². The average Bonchev–Trinajstić information content (AvgIpc) is 2.65. The van der Waals surface area contributed by atoms with Crippen LogP contribution in [0.4, 0.5) is 0 Å². The standard InChI is InChI=1S/C24H19ClO2S/c1-24(2,3)14-10-12-15(13-11-14)28-19-9-5-7-17-21(19)23(27)20-16(22(17)26)6-4-8-18(20)25/h4-13H,1-3H3. The first-order valence-corrected chi connectivity index (χ1v) is 10.3. The number of ketones is 2.